The molecule has 0 amide bonds. The Hall–Kier alpha value is -4.27. The van der Waals surface area contributed by atoms with Crippen LogP contribution in [-0.2, 0) is 6.61 Å². The van der Waals surface area contributed by atoms with Crippen molar-refractivity contribution in [1.29, 1.82) is 5.26 Å². The summed E-state index contributed by atoms with van der Waals surface area (Å²) in [5.41, 5.74) is 4.96. The van der Waals surface area contributed by atoms with E-state index >= 15 is 0 Å². The van der Waals surface area contributed by atoms with Crippen molar-refractivity contribution in [3.8, 4) is 17.6 Å². The van der Waals surface area contributed by atoms with Crippen molar-refractivity contribution in [3.63, 3.8) is 0 Å². The van der Waals surface area contributed by atoms with Crippen LogP contribution >= 0.6 is 11.6 Å². The zero-order chi connectivity index (χ0) is 25.1. The van der Waals surface area contributed by atoms with Gasteiger partial charge in [-0.3, -0.25) is 0 Å². The number of ether oxygens (including phenoxy) is 2. The van der Waals surface area contributed by atoms with E-state index in [1.54, 1.807) is 12.1 Å². The topological polar surface area (TPSA) is 70.9 Å². The lowest BCUT2D eigenvalue weighted by molar-refractivity contribution is 0.269. The SMILES string of the molecule is CCOc1cc(C=C(C#N)c2nc3ccc(C)cc3[nH]2)cc(Cl)c1OCc1ccc2ccccc2c1. The quantitative estimate of drug-likeness (QED) is 0.235. The van der Waals surface area contributed by atoms with Gasteiger partial charge in [0.2, 0.25) is 0 Å². The first kappa shape index (κ1) is 23.5. The molecule has 0 radical (unpaired) electrons. The number of nitrogens with zero attached hydrogens (tertiary/aromatic N) is 2. The molecule has 36 heavy (non-hydrogen) atoms. The fourth-order valence-electron chi connectivity index (χ4n) is 4.13. The van der Waals surface area contributed by atoms with E-state index in [2.05, 4.69) is 40.3 Å². The molecule has 0 saturated carbocycles. The maximum absolute atomic E-state index is 9.84. The number of aromatic amines is 1. The minimum absolute atomic E-state index is 0.349. The number of imidazole rings is 1. The van der Waals surface area contributed by atoms with Crippen LogP contribution in [0.2, 0.25) is 5.02 Å². The van der Waals surface area contributed by atoms with Crippen LogP contribution in [0.3, 0.4) is 0 Å². The summed E-state index contributed by atoms with van der Waals surface area (Å²) in [6.45, 7) is 4.72. The number of benzene rings is 4. The van der Waals surface area contributed by atoms with Gasteiger partial charge in [-0.15, -0.1) is 0 Å². The zero-order valence-corrected chi connectivity index (χ0v) is 20.8. The molecule has 0 aliphatic heterocycles. The molecule has 178 valence electrons. The Balaban J connectivity index is 1.44. The monoisotopic (exact) mass is 493 g/mol. The number of aromatic nitrogens is 2. The molecular weight excluding hydrogens is 470 g/mol. The fraction of sp³-hybridized carbons (Fsp3) is 0.133. The molecular formula is C30H24ClN3O2. The number of allylic oxidation sites excluding steroid dienone is 1. The Kier molecular flexibility index (Phi) is 6.62. The first-order chi connectivity index (χ1) is 17.5. The summed E-state index contributed by atoms with van der Waals surface area (Å²) in [5.74, 6) is 1.50. The lowest BCUT2D eigenvalue weighted by Gasteiger charge is -2.15. The number of rotatable bonds is 7. The summed E-state index contributed by atoms with van der Waals surface area (Å²) >= 11 is 6.65. The predicted octanol–water partition coefficient (Wildman–Crippen LogP) is 7.72. The molecule has 5 aromatic rings. The highest BCUT2D eigenvalue weighted by molar-refractivity contribution is 6.32. The van der Waals surface area contributed by atoms with Gasteiger partial charge in [0, 0.05) is 0 Å². The number of hydrogen-bond donors (Lipinski definition) is 1. The van der Waals surface area contributed by atoms with Gasteiger partial charge in [-0.2, -0.15) is 5.26 Å². The Morgan fingerprint density at radius 2 is 1.86 bits per heavy atom. The lowest BCUT2D eigenvalue weighted by Crippen LogP contribution is -2.01. The van der Waals surface area contributed by atoms with Gasteiger partial charge in [0.25, 0.3) is 0 Å². The van der Waals surface area contributed by atoms with Crippen molar-refractivity contribution in [2.45, 2.75) is 20.5 Å². The van der Waals surface area contributed by atoms with Crippen LogP contribution in [0.4, 0.5) is 0 Å². The molecule has 0 saturated heterocycles. The number of H-pyrrole nitrogens is 1. The van der Waals surface area contributed by atoms with Crippen molar-refractivity contribution in [2.75, 3.05) is 6.61 Å². The van der Waals surface area contributed by atoms with Gasteiger partial charge < -0.3 is 14.5 Å². The van der Waals surface area contributed by atoms with Crippen molar-refractivity contribution < 1.29 is 9.47 Å². The number of nitrogens with one attached hydrogen (secondary N) is 1. The Labute approximate surface area is 214 Å². The highest BCUT2D eigenvalue weighted by Gasteiger charge is 2.15. The van der Waals surface area contributed by atoms with E-state index in [1.165, 1.54) is 5.39 Å². The number of hydrogen-bond acceptors (Lipinski definition) is 4. The van der Waals surface area contributed by atoms with E-state index < -0.39 is 0 Å². The largest absolute Gasteiger partial charge is 0.490 e. The van der Waals surface area contributed by atoms with E-state index in [-0.39, 0.29) is 0 Å². The summed E-state index contributed by atoms with van der Waals surface area (Å²) in [7, 11) is 0. The summed E-state index contributed by atoms with van der Waals surface area (Å²) in [6.07, 6.45) is 1.74. The van der Waals surface area contributed by atoms with E-state index in [9.17, 15) is 5.26 Å². The van der Waals surface area contributed by atoms with Crippen molar-refractivity contribution in [3.05, 3.63) is 100 Å². The summed E-state index contributed by atoms with van der Waals surface area (Å²) in [5, 5.41) is 12.6. The second-order valence-electron chi connectivity index (χ2n) is 8.51. The van der Waals surface area contributed by atoms with Crippen LogP contribution in [0, 0.1) is 18.3 Å². The third-order valence-electron chi connectivity index (χ3n) is 5.85. The zero-order valence-electron chi connectivity index (χ0n) is 20.0. The second kappa shape index (κ2) is 10.2. The maximum Gasteiger partial charge on any atom is 0.180 e. The van der Waals surface area contributed by atoms with Crippen LogP contribution in [0.5, 0.6) is 11.5 Å². The smallest absolute Gasteiger partial charge is 0.180 e. The standard InChI is InChI=1S/C30H24ClN3O2/c1-3-35-28-16-21(14-24(17-32)30-33-26-11-8-19(2)12-27(26)34-30)15-25(31)29(28)36-18-20-9-10-22-6-4-5-7-23(22)13-20/h4-16H,3,18H2,1-2H3,(H,33,34). The van der Waals surface area contributed by atoms with Gasteiger partial charge in [-0.25, -0.2) is 4.98 Å². The van der Waals surface area contributed by atoms with Crippen LogP contribution < -0.4 is 9.47 Å². The summed E-state index contributed by atoms with van der Waals surface area (Å²) < 4.78 is 12.0. The van der Waals surface area contributed by atoms with Crippen LogP contribution in [0.25, 0.3) is 33.5 Å². The second-order valence-corrected chi connectivity index (χ2v) is 8.92. The molecule has 5 nitrogen and oxygen atoms in total. The van der Waals surface area contributed by atoms with E-state index in [4.69, 9.17) is 21.1 Å². The molecule has 1 N–H and O–H groups in total. The van der Waals surface area contributed by atoms with E-state index in [0.29, 0.717) is 41.1 Å². The first-order valence-electron chi connectivity index (χ1n) is 11.7. The molecule has 1 heterocycles. The normalized spacial score (nSPS) is 11.6. The van der Waals surface area contributed by atoms with E-state index in [1.807, 2.05) is 56.3 Å². The number of nitriles is 1. The van der Waals surface area contributed by atoms with Gasteiger partial charge >= 0.3 is 0 Å². The average molecular weight is 494 g/mol. The number of aryl methyl sites for hydroxylation is 1. The van der Waals surface area contributed by atoms with Crippen molar-refractivity contribution >= 4 is 45.1 Å². The molecule has 0 bridgehead atoms. The van der Waals surface area contributed by atoms with Crippen molar-refractivity contribution in [1.82, 2.24) is 9.97 Å². The van der Waals surface area contributed by atoms with Crippen LogP contribution in [0.1, 0.15) is 29.4 Å². The minimum atomic E-state index is 0.349. The molecule has 0 unspecified atom stereocenters. The van der Waals surface area contributed by atoms with Crippen LogP contribution in [-0.4, -0.2) is 16.6 Å². The molecule has 6 heteroatoms. The molecule has 0 spiro atoms. The molecule has 0 aliphatic rings. The molecule has 4 aromatic carbocycles. The Morgan fingerprint density at radius 1 is 1.03 bits per heavy atom. The highest BCUT2D eigenvalue weighted by atomic mass is 35.5. The summed E-state index contributed by atoms with van der Waals surface area (Å²) in [6, 6.07) is 26.2. The first-order valence-corrected chi connectivity index (χ1v) is 12.1. The lowest BCUT2D eigenvalue weighted by atomic mass is 10.1. The predicted molar refractivity (Wildman–Crippen MR) is 145 cm³/mol. The van der Waals surface area contributed by atoms with Gasteiger partial charge in [0.05, 0.1) is 28.2 Å². The number of fused-ring (bicyclic) bond motifs is 2. The molecule has 0 atom stereocenters. The fourth-order valence-corrected chi connectivity index (χ4v) is 4.40. The molecule has 0 aliphatic carbocycles. The third-order valence-corrected chi connectivity index (χ3v) is 6.13. The van der Waals surface area contributed by atoms with Gasteiger partial charge in [-0.05, 0) is 77.7 Å². The minimum Gasteiger partial charge on any atom is -0.490 e. The van der Waals surface area contributed by atoms with Gasteiger partial charge in [-0.1, -0.05) is 54.1 Å². The highest BCUT2D eigenvalue weighted by Crippen LogP contribution is 2.38. The Morgan fingerprint density at radius 3 is 2.67 bits per heavy atom. The van der Waals surface area contributed by atoms with Crippen LogP contribution in [0.15, 0.2) is 72.8 Å². The summed E-state index contributed by atoms with van der Waals surface area (Å²) in [4.78, 5) is 7.80. The van der Waals surface area contributed by atoms with Gasteiger partial charge in [0.15, 0.2) is 11.5 Å². The van der Waals surface area contributed by atoms with Gasteiger partial charge in [0.1, 0.15) is 18.5 Å². The average Bonchev–Trinajstić information content (AvgIpc) is 3.30. The molecule has 5 rings (SSSR count). The maximum atomic E-state index is 9.84. The Bertz CT molecular complexity index is 1650. The van der Waals surface area contributed by atoms with Crippen molar-refractivity contribution in [2.24, 2.45) is 0 Å². The van der Waals surface area contributed by atoms with E-state index in [0.717, 1.165) is 33.1 Å². The number of halogens is 1. The molecule has 0 fully saturated rings. The third kappa shape index (κ3) is 4.91. The molecule has 1 aromatic heterocycles.